The summed E-state index contributed by atoms with van der Waals surface area (Å²) in [6.45, 7) is 2.76. The second-order valence-electron chi connectivity index (χ2n) is 3.25. The van der Waals surface area contributed by atoms with Crippen LogP contribution in [0.5, 0.6) is 0 Å². The van der Waals surface area contributed by atoms with Gasteiger partial charge in [-0.15, -0.1) is 0 Å². The van der Waals surface area contributed by atoms with Gasteiger partial charge in [-0.05, 0) is 0 Å². The Balaban J connectivity index is 4.19. The summed E-state index contributed by atoms with van der Waals surface area (Å²) in [7, 11) is 1.12. The molecule has 0 bridgehead atoms. The number of hydrogen-bond acceptors (Lipinski definition) is 3. The molecule has 0 radical (unpaired) electrons. The third-order valence-electron chi connectivity index (χ3n) is 1.84. The zero-order valence-corrected chi connectivity index (χ0v) is 8.01. The maximum absolute atomic E-state index is 13.0. The summed E-state index contributed by atoms with van der Waals surface area (Å²) in [6.07, 6.45) is -0.669. The van der Waals surface area contributed by atoms with E-state index in [4.69, 9.17) is 5.73 Å². The Kier molecular flexibility index (Phi) is 4.26. The first-order valence-electron chi connectivity index (χ1n) is 4.02. The Morgan fingerprint density at radius 3 is 2.31 bits per heavy atom. The highest BCUT2D eigenvalue weighted by atomic mass is 19.3. The number of rotatable bonds is 4. The molecule has 0 aromatic rings. The molecule has 78 valence electrons. The summed E-state index contributed by atoms with van der Waals surface area (Å²) in [4.78, 5) is 10.7. The molecule has 0 aliphatic carbocycles. The first kappa shape index (κ1) is 12.3. The van der Waals surface area contributed by atoms with Gasteiger partial charge in [0.05, 0.1) is 7.11 Å². The Morgan fingerprint density at radius 1 is 1.54 bits per heavy atom. The fourth-order valence-electron chi connectivity index (χ4n) is 0.764. The number of hydrogen-bond donors (Lipinski definition) is 1. The summed E-state index contributed by atoms with van der Waals surface area (Å²) < 4.78 is 30.3. The van der Waals surface area contributed by atoms with Gasteiger partial charge in [-0.2, -0.15) is 0 Å². The van der Waals surface area contributed by atoms with Crippen LogP contribution in [0, 0.1) is 5.92 Å². The van der Waals surface area contributed by atoms with E-state index < -0.39 is 30.3 Å². The second kappa shape index (κ2) is 4.50. The maximum atomic E-state index is 13.0. The summed E-state index contributed by atoms with van der Waals surface area (Å²) in [5.74, 6) is -4.56. The maximum Gasteiger partial charge on any atom is 0.322 e. The van der Waals surface area contributed by atoms with Crippen molar-refractivity contribution in [3.8, 4) is 0 Å². The number of methoxy groups -OCH3 is 1. The molecule has 0 aromatic carbocycles. The zero-order chi connectivity index (χ0) is 10.6. The van der Waals surface area contributed by atoms with Crippen molar-refractivity contribution in [3.63, 3.8) is 0 Å². The first-order chi connectivity index (χ1) is 5.81. The Hall–Kier alpha value is -0.710. The van der Waals surface area contributed by atoms with Gasteiger partial charge in [0.1, 0.15) is 6.04 Å². The third-order valence-corrected chi connectivity index (χ3v) is 1.84. The average Bonchev–Trinajstić information content (AvgIpc) is 2.01. The van der Waals surface area contributed by atoms with Gasteiger partial charge in [0, 0.05) is 12.3 Å². The number of nitrogens with two attached hydrogens (primary N) is 1. The molecule has 0 aliphatic heterocycles. The lowest BCUT2D eigenvalue weighted by atomic mass is 9.99. The summed E-state index contributed by atoms with van der Waals surface area (Å²) in [5, 5.41) is 0. The van der Waals surface area contributed by atoms with Crippen LogP contribution in [0.3, 0.4) is 0 Å². The van der Waals surface area contributed by atoms with Crippen LogP contribution in [0.1, 0.15) is 20.3 Å². The van der Waals surface area contributed by atoms with Crippen molar-refractivity contribution in [1.29, 1.82) is 0 Å². The van der Waals surface area contributed by atoms with Gasteiger partial charge >= 0.3 is 5.97 Å². The fraction of sp³-hybridized carbons (Fsp3) is 0.875. The van der Waals surface area contributed by atoms with Crippen molar-refractivity contribution in [2.75, 3.05) is 7.11 Å². The van der Waals surface area contributed by atoms with Crippen LogP contribution < -0.4 is 5.73 Å². The van der Waals surface area contributed by atoms with Crippen LogP contribution in [0.4, 0.5) is 8.78 Å². The van der Waals surface area contributed by atoms with E-state index in [-0.39, 0.29) is 0 Å². The normalized spacial score (nSPS) is 14.4. The minimum Gasteiger partial charge on any atom is -0.468 e. The smallest absolute Gasteiger partial charge is 0.322 e. The SMILES string of the molecule is COC(=O)C(N)CC(F)(F)C(C)C. The van der Waals surface area contributed by atoms with E-state index in [0.717, 1.165) is 7.11 Å². The molecule has 0 saturated heterocycles. The van der Waals surface area contributed by atoms with E-state index in [1.54, 1.807) is 0 Å². The highest BCUT2D eigenvalue weighted by Gasteiger charge is 2.37. The molecule has 0 spiro atoms. The molecular weight excluding hydrogens is 180 g/mol. The predicted molar refractivity (Wildman–Crippen MR) is 44.4 cm³/mol. The van der Waals surface area contributed by atoms with Gasteiger partial charge in [-0.1, -0.05) is 13.8 Å². The highest BCUT2D eigenvalue weighted by molar-refractivity contribution is 5.75. The summed E-state index contributed by atoms with van der Waals surface area (Å²) in [6, 6.07) is -1.25. The molecule has 3 nitrogen and oxygen atoms in total. The number of carbonyl (C=O) groups excluding carboxylic acids is 1. The fourth-order valence-corrected chi connectivity index (χ4v) is 0.764. The number of ether oxygens (including phenoxy) is 1. The number of esters is 1. The Morgan fingerprint density at radius 2 is 2.00 bits per heavy atom. The molecule has 1 atom stereocenters. The lowest BCUT2D eigenvalue weighted by molar-refractivity contribution is -0.146. The van der Waals surface area contributed by atoms with Crippen LogP contribution >= 0.6 is 0 Å². The summed E-state index contributed by atoms with van der Waals surface area (Å²) in [5.41, 5.74) is 5.20. The van der Waals surface area contributed by atoms with Crippen molar-refractivity contribution >= 4 is 5.97 Å². The number of alkyl halides is 2. The van der Waals surface area contributed by atoms with E-state index in [9.17, 15) is 13.6 Å². The molecule has 0 fully saturated rings. The molecule has 0 amide bonds. The van der Waals surface area contributed by atoms with Crippen LogP contribution in [0.25, 0.3) is 0 Å². The minimum absolute atomic E-state index is 0.669. The quantitative estimate of drug-likeness (QED) is 0.685. The van der Waals surface area contributed by atoms with Crippen LogP contribution in [0.2, 0.25) is 0 Å². The molecule has 5 heteroatoms. The second-order valence-corrected chi connectivity index (χ2v) is 3.25. The average molecular weight is 195 g/mol. The van der Waals surface area contributed by atoms with Gasteiger partial charge in [0.2, 0.25) is 0 Å². The van der Waals surface area contributed by atoms with E-state index in [0.29, 0.717) is 0 Å². The van der Waals surface area contributed by atoms with Crippen molar-refractivity contribution in [2.45, 2.75) is 32.2 Å². The van der Waals surface area contributed by atoms with Gasteiger partial charge < -0.3 is 10.5 Å². The lowest BCUT2D eigenvalue weighted by Gasteiger charge is -2.22. The Bertz CT molecular complexity index is 183. The third kappa shape index (κ3) is 3.67. The van der Waals surface area contributed by atoms with E-state index in [1.165, 1.54) is 13.8 Å². The lowest BCUT2D eigenvalue weighted by Crippen LogP contribution is -2.39. The first-order valence-corrected chi connectivity index (χ1v) is 4.02. The molecule has 1 unspecified atom stereocenters. The number of carbonyl (C=O) groups is 1. The minimum atomic E-state index is -2.92. The van der Waals surface area contributed by atoms with Crippen molar-refractivity contribution in [1.82, 2.24) is 0 Å². The molecular formula is C8H15F2NO2. The van der Waals surface area contributed by atoms with Gasteiger partial charge in [-0.3, -0.25) is 4.79 Å². The van der Waals surface area contributed by atoms with E-state index in [2.05, 4.69) is 4.74 Å². The predicted octanol–water partition coefficient (Wildman–Crippen LogP) is 1.17. The molecule has 0 saturated carbocycles. The monoisotopic (exact) mass is 195 g/mol. The van der Waals surface area contributed by atoms with Crippen LogP contribution in [-0.4, -0.2) is 25.0 Å². The Labute approximate surface area is 76.2 Å². The van der Waals surface area contributed by atoms with Crippen molar-refractivity contribution < 1.29 is 18.3 Å². The molecule has 0 aromatic heterocycles. The standard InChI is InChI=1S/C8H15F2NO2/c1-5(2)8(9,10)4-6(11)7(12)13-3/h5-6H,4,11H2,1-3H3. The van der Waals surface area contributed by atoms with Gasteiger partial charge in [0.15, 0.2) is 0 Å². The largest absolute Gasteiger partial charge is 0.468 e. The zero-order valence-electron chi connectivity index (χ0n) is 8.01. The van der Waals surface area contributed by atoms with Crippen LogP contribution in [0.15, 0.2) is 0 Å². The van der Waals surface area contributed by atoms with Crippen molar-refractivity contribution in [2.24, 2.45) is 11.7 Å². The van der Waals surface area contributed by atoms with Crippen molar-refractivity contribution in [3.05, 3.63) is 0 Å². The highest BCUT2D eigenvalue weighted by Crippen LogP contribution is 2.28. The summed E-state index contributed by atoms with van der Waals surface area (Å²) >= 11 is 0. The van der Waals surface area contributed by atoms with E-state index >= 15 is 0 Å². The molecule has 0 aliphatic rings. The molecule has 0 rings (SSSR count). The molecule has 13 heavy (non-hydrogen) atoms. The number of halogens is 2. The molecule has 2 N–H and O–H groups in total. The van der Waals surface area contributed by atoms with E-state index in [1.807, 2.05) is 0 Å². The topological polar surface area (TPSA) is 52.3 Å². The van der Waals surface area contributed by atoms with Gasteiger partial charge in [-0.25, -0.2) is 8.78 Å². The molecule has 0 heterocycles. The van der Waals surface area contributed by atoms with Gasteiger partial charge in [0.25, 0.3) is 5.92 Å². The van der Waals surface area contributed by atoms with Crippen LogP contribution in [-0.2, 0) is 9.53 Å².